The van der Waals surface area contributed by atoms with Gasteiger partial charge in [-0.15, -0.1) is 0 Å². The molecule has 0 saturated carbocycles. The summed E-state index contributed by atoms with van der Waals surface area (Å²) in [5, 5.41) is 12.7. The number of hydrogen-bond acceptors (Lipinski definition) is 5. The van der Waals surface area contributed by atoms with Gasteiger partial charge in [-0.2, -0.15) is 0 Å². The van der Waals surface area contributed by atoms with Gasteiger partial charge in [-0.05, 0) is 4.92 Å². The van der Waals surface area contributed by atoms with Gasteiger partial charge < -0.3 is 10.1 Å². The fourth-order valence-corrected chi connectivity index (χ4v) is 0.403. The second kappa shape index (κ2) is 1.81. The van der Waals surface area contributed by atoms with E-state index in [1.54, 1.807) is 0 Å². The van der Waals surface area contributed by atoms with Crippen molar-refractivity contribution in [1.29, 1.82) is 0 Å². The number of oxime groups is 1. The van der Waals surface area contributed by atoms with E-state index in [0.29, 0.717) is 0 Å². The Kier molecular flexibility index (Phi) is 1.14. The van der Waals surface area contributed by atoms with Crippen molar-refractivity contribution in [3.8, 4) is 0 Å². The third kappa shape index (κ3) is 0.857. The Hall–Kier alpha value is -1.46. The molecular formula is C3H2N2O4. The third-order valence-corrected chi connectivity index (χ3v) is 0.769. The zero-order valence-corrected chi connectivity index (χ0v) is 4.23. The molecule has 0 bridgehead atoms. The van der Waals surface area contributed by atoms with Crippen LogP contribution in [0.25, 0.3) is 0 Å². The second-order valence-electron chi connectivity index (χ2n) is 1.37. The van der Waals surface area contributed by atoms with Crippen LogP contribution in [0.3, 0.4) is 0 Å². The summed E-state index contributed by atoms with van der Waals surface area (Å²) in [6.07, 6.45) is 0. The quantitative estimate of drug-likeness (QED) is 0.316. The number of carbonyl (C=O) groups is 1. The monoisotopic (exact) mass is 130 g/mol. The van der Waals surface area contributed by atoms with E-state index in [-0.39, 0.29) is 6.61 Å². The molecule has 0 unspecified atom stereocenters. The summed E-state index contributed by atoms with van der Waals surface area (Å²) in [7, 11) is 0. The number of rotatable bonds is 0. The maximum absolute atomic E-state index is 10.3. The topological polar surface area (TPSA) is 81.8 Å². The highest BCUT2D eigenvalue weighted by Gasteiger charge is 2.32. The molecule has 0 N–H and O–H groups in total. The molecule has 9 heavy (non-hydrogen) atoms. The Morgan fingerprint density at radius 3 is 2.67 bits per heavy atom. The van der Waals surface area contributed by atoms with E-state index in [2.05, 4.69) is 9.99 Å². The summed E-state index contributed by atoms with van der Waals surface area (Å²) in [6, 6.07) is 0. The lowest BCUT2D eigenvalue weighted by Gasteiger charge is -1.83. The fourth-order valence-electron chi connectivity index (χ4n) is 0.403. The van der Waals surface area contributed by atoms with Gasteiger partial charge in [-0.1, -0.05) is 0 Å². The van der Waals surface area contributed by atoms with Gasteiger partial charge in [0.05, 0.1) is 0 Å². The van der Waals surface area contributed by atoms with E-state index in [9.17, 15) is 14.9 Å². The molecule has 6 nitrogen and oxygen atoms in total. The number of carbonyl (C=O) groups excluding carboxylic acids is 1. The Labute approximate surface area is 49.2 Å². The Morgan fingerprint density at radius 2 is 2.44 bits per heavy atom. The number of hydrogen-bond donors (Lipinski definition) is 0. The third-order valence-electron chi connectivity index (χ3n) is 0.769. The highest BCUT2D eigenvalue weighted by Crippen LogP contribution is 1.95. The van der Waals surface area contributed by atoms with Crippen LogP contribution in [0.1, 0.15) is 0 Å². The van der Waals surface area contributed by atoms with Gasteiger partial charge in [0.1, 0.15) is 0 Å². The number of ketones is 1. The molecule has 1 aliphatic heterocycles. The molecule has 0 aromatic carbocycles. The summed E-state index contributed by atoms with van der Waals surface area (Å²) >= 11 is 0. The second-order valence-corrected chi connectivity index (χ2v) is 1.37. The first-order valence-electron chi connectivity index (χ1n) is 2.09. The zero-order chi connectivity index (χ0) is 6.85. The molecule has 1 rings (SSSR count). The van der Waals surface area contributed by atoms with Crippen LogP contribution in [-0.4, -0.2) is 23.1 Å². The van der Waals surface area contributed by atoms with Crippen LogP contribution in [0.5, 0.6) is 0 Å². The van der Waals surface area contributed by atoms with Crippen LogP contribution >= 0.6 is 0 Å². The van der Waals surface area contributed by atoms with E-state index in [1.807, 2.05) is 0 Å². The molecule has 6 heteroatoms. The summed E-state index contributed by atoms with van der Waals surface area (Å²) in [4.78, 5) is 23.4. The zero-order valence-electron chi connectivity index (χ0n) is 4.23. The van der Waals surface area contributed by atoms with Gasteiger partial charge in [-0.3, -0.25) is 9.63 Å². The van der Waals surface area contributed by atoms with Gasteiger partial charge in [0.2, 0.25) is 6.61 Å². The molecule has 0 atom stereocenters. The van der Waals surface area contributed by atoms with E-state index in [0.717, 1.165) is 0 Å². The van der Waals surface area contributed by atoms with Crippen LogP contribution in [-0.2, 0) is 9.63 Å². The molecule has 0 spiro atoms. The molecule has 0 aromatic heterocycles. The van der Waals surface area contributed by atoms with Gasteiger partial charge in [0.25, 0.3) is 5.78 Å². The molecule has 0 fully saturated rings. The molecule has 48 valence electrons. The van der Waals surface area contributed by atoms with E-state index in [1.165, 1.54) is 0 Å². The first kappa shape index (κ1) is 5.67. The van der Waals surface area contributed by atoms with Gasteiger partial charge >= 0.3 is 5.84 Å². The van der Waals surface area contributed by atoms with Crippen molar-refractivity contribution in [2.75, 3.05) is 6.61 Å². The van der Waals surface area contributed by atoms with Crippen LogP contribution in [0.2, 0.25) is 0 Å². The lowest BCUT2D eigenvalue weighted by atomic mass is 10.4. The van der Waals surface area contributed by atoms with Gasteiger partial charge in [0, 0.05) is 0 Å². The molecule has 1 heterocycles. The predicted octanol–water partition coefficient (Wildman–Crippen LogP) is -0.824. The Bertz CT molecular complexity index is 196. The summed E-state index contributed by atoms with van der Waals surface area (Å²) in [5.74, 6) is -1.39. The van der Waals surface area contributed by atoms with Crippen LogP contribution in [0.15, 0.2) is 5.16 Å². The van der Waals surface area contributed by atoms with Crippen molar-refractivity contribution in [1.82, 2.24) is 0 Å². The lowest BCUT2D eigenvalue weighted by molar-refractivity contribution is -0.349. The number of nitro groups is 1. The SMILES string of the molecule is O=C1CON=C1[N+](=O)[O-]. The fraction of sp³-hybridized carbons (Fsp3) is 0.333. The molecule has 0 aromatic rings. The van der Waals surface area contributed by atoms with Crippen molar-refractivity contribution >= 4 is 11.6 Å². The minimum atomic E-state index is -0.866. The standard InChI is InChI=1S/C3H2N2O4/c6-2-1-9-4-3(2)5(7)8/h1H2. The largest absolute Gasteiger partial charge is 0.456 e. The van der Waals surface area contributed by atoms with E-state index >= 15 is 0 Å². The molecule has 0 amide bonds. The van der Waals surface area contributed by atoms with E-state index < -0.39 is 16.5 Å². The minimum absolute atomic E-state index is 0.309. The van der Waals surface area contributed by atoms with Gasteiger partial charge in [-0.25, -0.2) is 0 Å². The van der Waals surface area contributed by atoms with Crippen LogP contribution in [0, 0.1) is 10.1 Å². The van der Waals surface area contributed by atoms with Crippen molar-refractivity contribution in [2.24, 2.45) is 5.16 Å². The van der Waals surface area contributed by atoms with E-state index in [4.69, 9.17) is 0 Å². The summed E-state index contributed by atoms with van der Waals surface area (Å²) in [6.45, 7) is -0.309. The first-order chi connectivity index (χ1) is 4.22. The van der Waals surface area contributed by atoms with Crippen molar-refractivity contribution < 1.29 is 14.6 Å². The Morgan fingerprint density at radius 1 is 1.78 bits per heavy atom. The summed E-state index contributed by atoms with van der Waals surface area (Å²) < 4.78 is 0. The van der Waals surface area contributed by atoms with Crippen molar-refractivity contribution in [3.63, 3.8) is 0 Å². The minimum Gasteiger partial charge on any atom is -0.358 e. The normalized spacial score (nSPS) is 16.9. The molecule has 0 saturated heterocycles. The molecule has 0 radical (unpaired) electrons. The number of Topliss-reactive ketones (excluding diaryl/α,β-unsaturated/α-hetero) is 1. The molecular weight excluding hydrogens is 128 g/mol. The smallest absolute Gasteiger partial charge is 0.358 e. The highest BCUT2D eigenvalue weighted by atomic mass is 16.7. The average molecular weight is 130 g/mol. The van der Waals surface area contributed by atoms with Crippen LogP contribution in [0.4, 0.5) is 0 Å². The molecule has 1 aliphatic rings. The lowest BCUT2D eigenvalue weighted by Crippen LogP contribution is -2.20. The maximum atomic E-state index is 10.3. The Balaban J connectivity index is 2.80. The maximum Gasteiger partial charge on any atom is 0.456 e. The van der Waals surface area contributed by atoms with Crippen molar-refractivity contribution in [3.05, 3.63) is 10.1 Å². The average Bonchev–Trinajstić information content (AvgIpc) is 2.13. The summed E-state index contributed by atoms with van der Waals surface area (Å²) in [5.41, 5.74) is 0. The number of amidine groups is 1. The molecule has 0 aliphatic carbocycles. The highest BCUT2D eigenvalue weighted by molar-refractivity contribution is 6.36. The van der Waals surface area contributed by atoms with Crippen LogP contribution < -0.4 is 0 Å². The van der Waals surface area contributed by atoms with Crippen molar-refractivity contribution in [2.45, 2.75) is 0 Å². The predicted molar refractivity (Wildman–Crippen MR) is 25.4 cm³/mol. The van der Waals surface area contributed by atoms with Gasteiger partial charge in [0.15, 0.2) is 5.16 Å². The number of nitrogens with zero attached hydrogens (tertiary/aromatic N) is 2. The first-order valence-corrected chi connectivity index (χ1v) is 2.09.